The molecule has 0 aliphatic heterocycles. The van der Waals surface area contributed by atoms with Crippen molar-refractivity contribution >= 4 is 27.6 Å². The minimum absolute atomic E-state index is 0.215. The third-order valence-corrected chi connectivity index (χ3v) is 3.27. The second-order valence-electron chi connectivity index (χ2n) is 3.98. The standard InChI is InChI=1S/C14H11BrFNO2/c15-13-7-11(5-6-12(13)14(18)19)17-8-9-1-3-10(16)4-2-9/h1-7,17H,8H2,(H,18,19). The number of anilines is 1. The predicted octanol–water partition coefficient (Wildman–Crippen LogP) is 3.90. The summed E-state index contributed by atoms with van der Waals surface area (Å²) in [7, 11) is 0. The summed E-state index contributed by atoms with van der Waals surface area (Å²) in [5, 5.41) is 12.0. The maximum absolute atomic E-state index is 12.7. The van der Waals surface area contributed by atoms with Crippen molar-refractivity contribution in [3.63, 3.8) is 0 Å². The van der Waals surface area contributed by atoms with Gasteiger partial charge >= 0.3 is 5.97 Å². The first-order valence-electron chi connectivity index (χ1n) is 5.57. The average molecular weight is 324 g/mol. The van der Waals surface area contributed by atoms with Crippen LogP contribution < -0.4 is 5.32 Å². The van der Waals surface area contributed by atoms with Gasteiger partial charge < -0.3 is 10.4 Å². The minimum Gasteiger partial charge on any atom is -0.478 e. The second kappa shape index (κ2) is 5.84. The first-order chi connectivity index (χ1) is 9.06. The predicted molar refractivity (Wildman–Crippen MR) is 74.8 cm³/mol. The molecule has 0 bridgehead atoms. The Hall–Kier alpha value is -1.88. The second-order valence-corrected chi connectivity index (χ2v) is 4.83. The molecular formula is C14H11BrFNO2. The highest BCUT2D eigenvalue weighted by atomic mass is 79.9. The molecular weight excluding hydrogens is 313 g/mol. The molecule has 2 aromatic rings. The molecule has 0 aliphatic carbocycles. The largest absolute Gasteiger partial charge is 0.478 e. The van der Waals surface area contributed by atoms with Crippen molar-refractivity contribution in [1.29, 1.82) is 0 Å². The highest BCUT2D eigenvalue weighted by molar-refractivity contribution is 9.10. The van der Waals surface area contributed by atoms with E-state index in [1.165, 1.54) is 18.2 Å². The van der Waals surface area contributed by atoms with E-state index in [4.69, 9.17) is 5.11 Å². The molecule has 0 saturated carbocycles. The molecule has 0 fully saturated rings. The molecule has 3 nitrogen and oxygen atoms in total. The zero-order valence-corrected chi connectivity index (χ0v) is 11.4. The fraction of sp³-hybridized carbons (Fsp3) is 0.0714. The molecule has 0 spiro atoms. The molecule has 2 rings (SSSR count). The quantitative estimate of drug-likeness (QED) is 0.897. The zero-order valence-electron chi connectivity index (χ0n) is 9.86. The van der Waals surface area contributed by atoms with Gasteiger partial charge in [-0.1, -0.05) is 12.1 Å². The molecule has 5 heteroatoms. The highest BCUT2D eigenvalue weighted by Crippen LogP contribution is 2.22. The van der Waals surface area contributed by atoms with Gasteiger partial charge in [0.2, 0.25) is 0 Å². The molecule has 0 heterocycles. The summed E-state index contributed by atoms with van der Waals surface area (Å²) in [5.74, 6) is -1.24. The number of benzene rings is 2. The lowest BCUT2D eigenvalue weighted by molar-refractivity contribution is 0.0696. The fourth-order valence-corrected chi connectivity index (χ4v) is 2.15. The van der Waals surface area contributed by atoms with Gasteiger partial charge in [-0.15, -0.1) is 0 Å². The van der Waals surface area contributed by atoms with Crippen molar-refractivity contribution in [2.75, 3.05) is 5.32 Å². The lowest BCUT2D eigenvalue weighted by Gasteiger charge is -2.08. The van der Waals surface area contributed by atoms with Gasteiger partial charge in [-0.25, -0.2) is 9.18 Å². The van der Waals surface area contributed by atoms with Crippen LogP contribution in [0.3, 0.4) is 0 Å². The van der Waals surface area contributed by atoms with Crippen molar-refractivity contribution < 1.29 is 14.3 Å². The van der Waals surface area contributed by atoms with Crippen LogP contribution >= 0.6 is 15.9 Å². The first kappa shape index (κ1) is 13.5. The molecule has 19 heavy (non-hydrogen) atoms. The molecule has 0 aromatic heterocycles. The molecule has 0 atom stereocenters. The Balaban J connectivity index is 2.06. The van der Waals surface area contributed by atoms with Crippen LogP contribution in [0.15, 0.2) is 46.9 Å². The monoisotopic (exact) mass is 323 g/mol. The molecule has 98 valence electrons. The van der Waals surface area contributed by atoms with Crippen molar-refractivity contribution in [3.8, 4) is 0 Å². The van der Waals surface area contributed by atoms with E-state index in [1.807, 2.05) is 0 Å². The number of nitrogens with one attached hydrogen (secondary N) is 1. The Morgan fingerprint density at radius 2 is 1.89 bits per heavy atom. The van der Waals surface area contributed by atoms with Crippen LogP contribution in [0.2, 0.25) is 0 Å². The van der Waals surface area contributed by atoms with Gasteiger partial charge in [0.05, 0.1) is 5.56 Å². The molecule has 0 unspecified atom stereocenters. The fourth-order valence-electron chi connectivity index (χ4n) is 1.60. The van der Waals surface area contributed by atoms with E-state index >= 15 is 0 Å². The third-order valence-electron chi connectivity index (χ3n) is 2.61. The molecule has 0 amide bonds. The third kappa shape index (κ3) is 3.54. The van der Waals surface area contributed by atoms with E-state index in [9.17, 15) is 9.18 Å². The topological polar surface area (TPSA) is 49.3 Å². The number of halogens is 2. The Labute approximate surface area is 118 Å². The van der Waals surface area contributed by atoms with Gasteiger partial charge in [0.15, 0.2) is 0 Å². The van der Waals surface area contributed by atoms with E-state index in [0.717, 1.165) is 11.3 Å². The van der Waals surface area contributed by atoms with Gasteiger partial charge in [-0.3, -0.25) is 0 Å². The summed E-state index contributed by atoms with van der Waals surface area (Å²) in [6.45, 7) is 0.541. The summed E-state index contributed by atoms with van der Waals surface area (Å²) in [5.41, 5.74) is 1.95. The summed E-state index contributed by atoms with van der Waals surface area (Å²) in [4.78, 5) is 10.9. The Morgan fingerprint density at radius 3 is 2.47 bits per heavy atom. The maximum Gasteiger partial charge on any atom is 0.336 e. The molecule has 0 radical (unpaired) electrons. The van der Waals surface area contributed by atoms with E-state index in [2.05, 4.69) is 21.2 Å². The number of hydrogen-bond donors (Lipinski definition) is 2. The Bertz CT molecular complexity index is 599. The van der Waals surface area contributed by atoms with Crippen LogP contribution in [0, 0.1) is 5.82 Å². The summed E-state index contributed by atoms with van der Waals surface area (Å²) < 4.78 is 13.3. The number of aromatic carboxylic acids is 1. The number of carboxylic acid groups (broad SMARTS) is 1. The Morgan fingerprint density at radius 1 is 1.21 bits per heavy atom. The lowest BCUT2D eigenvalue weighted by Crippen LogP contribution is -2.02. The molecule has 0 saturated heterocycles. The van der Waals surface area contributed by atoms with E-state index in [-0.39, 0.29) is 11.4 Å². The van der Waals surface area contributed by atoms with E-state index in [0.29, 0.717) is 11.0 Å². The molecule has 2 N–H and O–H groups in total. The summed E-state index contributed by atoms with van der Waals surface area (Å²) >= 11 is 3.21. The SMILES string of the molecule is O=C(O)c1ccc(NCc2ccc(F)cc2)cc1Br. The van der Waals surface area contributed by atoms with Crippen LogP contribution in [0.5, 0.6) is 0 Å². The maximum atomic E-state index is 12.7. The van der Waals surface area contributed by atoms with Crippen LogP contribution in [-0.4, -0.2) is 11.1 Å². The van der Waals surface area contributed by atoms with Crippen LogP contribution in [-0.2, 0) is 6.54 Å². The van der Waals surface area contributed by atoms with Crippen molar-refractivity contribution in [2.24, 2.45) is 0 Å². The molecule has 0 aliphatic rings. The van der Waals surface area contributed by atoms with Gasteiger partial charge in [0, 0.05) is 16.7 Å². The van der Waals surface area contributed by atoms with E-state index in [1.54, 1.807) is 24.3 Å². The van der Waals surface area contributed by atoms with Crippen LogP contribution in [0.25, 0.3) is 0 Å². The summed E-state index contributed by atoms with van der Waals surface area (Å²) in [6.07, 6.45) is 0. The van der Waals surface area contributed by atoms with Gasteiger partial charge in [0.25, 0.3) is 0 Å². The van der Waals surface area contributed by atoms with Gasteiger partial charge in [-0.2, -0.15) is 0 Å². The van der Waals surface area contributed by atoms with Gasteiger partial charge in [0.1, 0.15) is 5.82 Å². The minimum atomic E-state index is -0.975. The number of hydrogen-bond acceptors (Lipinski definition) is 2. The van der Waals surface area contributed by atoms with Crippen LogP contribution in [0.1, 0.15) is 15.9 Å². The van der Waals surface area contributed by atoms with Crippen molar-refractivity contribution in [3.05, 3.63) is 63.9 Å². The van der Waals surface area contributed by atoms with Crippen molar-refractivity contribution in [2.45, 2.75) is 6.54 Å². The number of carboxylic acids is 1. The Kier molecular flexibility index (Phi) is 4.16. The summed E-state index contributed by atoms with van der Waals surface area (Å²) in [6, 6.07) is 11.1. The van der Waals surface area contributed by atoms with Crippen molar-refractivity contribution in [1.82, 2.24) is 0 Å². The smallest absolute Gasteiger partial charge is 0.336 e. The number of rotatable bonds is 4. The lowest BCUT2D eigenvalue weighted by atomic mass is 10.2. The number of carbonyl (C=O) groups is 1. The zero-order chi connectivity index (χ0) is 13.8. The highest BCUT2D eigenvalue weighted by Gasteiger charge is 2.08. The van der Waals surface area contributed by atoms with Crippen LogP contribution in [0.4, 0.5) is 10.1 Å². The first-order valence-corrected chi connectivity index (χ1v) is 6.37. The van der Waals surface area contributed by atoms with E-state index < -0.39 is 5.97 Å². The van der Waals surface area contributed by atoms with Gasteiger partial charge in [-0.05, 0) is 51.8 Å². The molecule has 2 aromatic carbocycles. The normalized spacial score (nSPS) is 10.2. The average Bonchev–Trinajstić information content (AvgIpc) is 2.37.